The highest BCUT2D eigenvalue weighted by Gasteiger charge is 2.18. The van der Waals surface area contributed by atoms with Gasteiger partial charge in [-0.1, -0.05) is 54.1 Å². The zero-order valence-corrected chi connectivity index (χ0v) is 18.7. The fourth-order valence-electron chi connectivity index (χ4n) is 3.79. The summed E-state index contributed by atoms with van der Waals surface area (Å²) in [6.07, 6.45) is 10.4. The minimum absolute atomic E-state index is 0.101. The molecule has 1 aliphatic carbocycles. The molecule has 4 rings (SSSR count). The first-order valence-electron chi connectivity index (χ1n) is 10.4. The Bertz CT molecular complexity index is 1430. The Hall–Kier alpha value is -3.96. The molecule has 0 fully saturated rings. The van der Waals surface area contributed by atoms with Gasteiger partial charge in [0.2, 0.25) is 0 Å². The van der Waals surface area contributed by atoms with Gasteiger partial charge in [-0.05, 0) is 59.5 Å². The molecule has 33 heavy (non-hydrogen) atoms. The van der Waals surface area contributed by atoms with Crippen LogP contribution in [0.2, 0.25) is 5.02 Å². The molecule has 0 unspecified atom stereocenters. The van der Waals surface area contributed by atoms with Crippen molar-refractivity contribution in [2.75, 3.05) is 7.05 Å². The minimum Gasteiger partial charge on any atom is -0.393 e. The average Bonchev–Trinajstić information content (AvgIpc) is 2.81. The minimum atomic E-state index is -0.434. The van der Waals surface area contributed by atoms with Crippen molar-refractivity contribution in [2.45, 2.75) is 6.42 Å². The van der Waals surface area contributed by atoms with E-state index in [1.54, 1.807) is 55.8 Å². The largest absolute Gasteiger partial charge is 0.393 e. The number of H-pyrrole nitrogens is 1. The summed E-state index contributed by atoms with van der Waals surface area (Å²) in [6.45, 7) is 0. The zero-order chi connectivity index (χ0) is 23.4. The van der Waals surface area contributed by atoms with Crippen LogP contribution in [0.5, 0.6) is 0 Å². The summed E-state index contributed by atoms with van der Waals surface area (Å²) in [5.74, 6) is -0.391. The second kappa shape index (κ2) is 9.67. The van der Waals surface area contributed by atoms with Gasteiger partial charge in [-0.25, -0.2) is 0 Å². The van der Waals surface area contributed by atoms with Crippen molar-refractivity contribution in [2.24, 2.45) is 0 Å². The number of hydrogen-bond donors (Lipinski definition) is 3. The molecule has 0 spiro atoms. The highest BCUT2D eigenvalue weighted by Crippen LogP contribution is 2.25. The molecule has 6 heteroatoms. The maximum atomic E-state index is 13.3. The second-order valence-electron chi connectivity index (χ2n) is 7.64. The van der Waals surface area contributed by atoms with Gasteiger partial charge in [0, 0.05) is 34.7 Å². The third-order valence-corrected chi connectivity index (χ3v) is 5.59. The van der Waals surface area contributed by atoms with Crippen LogP contribution in [0.4, 0.5) is 0 Å². The van der Waals surface area contributed by atoms with Gasteiger partial charge in [-0.2, -0.15) is 0 Å². The van der Waals surface area contributed by atoms with E-state index >= 15 is 0 Å². The molecule has 3 N–H and O–H groups in total. The number of pyridine rings is 1. The van der Waals surface area contributed by atoms with Crippen LogP contribution in [0.1, 0.15) is 21.5 Å². The summed E-state index contributed by atoms with van der Waals surface area (Å²) >= 11 is 6.25. The van der Waals surface area contributed by atoms with E-state index in [4.69, 9.17) is 17.0 Å². The van der Waals surface area contributed by atoms with Gasteiger partial charge in [0.1, 0.15) is 0 Å². The summed E-state index contributed by atoms with van der Waals surface area (Å²) in [6, 6.07) is 14.9. The number of rotatable bonds is 6. The van der Waals surface area contributed by atoms with Crippen LogP contribution in [0.25, 0.3) is 10.9 Å². The van der Waals surface area contributed by atoms with Crippen molar-refractivity contribution in [1.29, 1.82) is 5.41 Å². The van der Waals surface area contributed by atoms with Crippen LogP contribution in [0.3, 0.4) is 0 Å². The van der Waals surface area contributed by atoms with Gasteiger partial charge in [0.05, 0.1) is 11.3 Å². The fourth-order valence-corrected chi connectivity index (χ4v) is 3.96. The van der Waals surface area contributed by atoms with Crippen molar-refractivity contribution < 1.29 is 4.79 Å². The van der Waals surface area contributed by atoms with Gasteiger partial charge < -0.3 is 15.7 Å². The Morgan fingerprint density at radius 1 is 1.15 bits per heavy atom. The summed E-state index contributed by atoms with van der Waals surface area (Å²) in [5, 5.41) is 12.1. The number of aromatic nitrogens is 1. The van der Waals surface area contributed by atoms with Crippen molar-refractivity contribution in [3.8, 4) is 0 Å². The fraction of sp³-hybridized carbons (Fsp3) is 0.0741. The zero-order valence-electron chi connectivity index (χ0n) is 18.0. The lowest BCUT2D eigenvalue weighted by molar-refractivity contribution is 0.104. The molecule has 1 aliphatic rings. The lowest BCUT2D eigenvalue weighted by atomic mass is 9.94. The molecule has 0 saturated carbocycles. The summed E-state index contributed by atoms with van der Waals surface area (Å²) in [7, 11) is 1.76. The quantitative estimate of drug-likeness (QED) is 0.355. The monoisotopic (exact) mass is 455 g/mol. The molecule has 164 valence electrons. The Kier molecular flexibility index (Phi) is 6.52. The molecule has 0 bridgehead atoms. The molecule has 0 aliphatic heterocycles. The molecule has 5 nitrogen and oxygen atoms in total. The number of carbonyl (C=O) groups excluding carboxylic acids is 1. The third-order valence-electron chi connectivity index (χ3n) is 5.36. The topological polar surface area (TPSA) is 85.8 Å². The van der Waals surface area contributed by atoms with Crippen molar-refractivity contribution >= 4 is 34.0 Å². The predicted molar refractivity (Wildman–Crippen MR) is 134 cm³/mol. The summed E-state index contributed by atoms with van der Waals surface area (Å²) < 4.78 is 0. The van der Waals surface area contributed by atoms with Crippen LogP contribution in [-0.2, 0) is 6.42 Å². The number of fused-ring (bicyclic) bond motifs is 1. The van der Waals surface area contributed by atoms with Crippen LogP contribution in [0.15, 0.2) is 101 Å². The number of allylic oxidation sites excluding steroid dienone is 7. The first-order valence-corrected chi connectivity index (χ1v) is 10.8. The molecule has 0 saturated heterocycles. The molecule has 2 aromatic carbocycles. The van der Waals surface area contributed by atoms with E-state index in [0.29, 0.717) is 33.8 Å². The standard InChI is InChI=1S/C27H22ClN3O2/c1-30-16-19-13-18(7-10-23(19)29)8-12-25(32)26-22(14-17-5-3-2-4-6-17)21-15-20(28)9-11-24(21)31-27(26)33/h2-13,15-16,29-30H,14H2,1H3,(H,31,33)/b12-8+,19-16-,29-23?. The van der Waals surface area contributed by atoms with E-state index in [-0.39, 0.29) is 5.56 Å². The molecule has 1 heterocycles. The third kappa shape index (κ3) is 4.94. The number of nitrogens with one attached hydrogen (secondary N) is 3. The van der Waals surface area contributed by atoms with E-state index in [1.165, 1.54) is 6.08 Å². The SMILES string of the molecule is CN/C=C1C=C(/C=C/C(=O)c2c(Cc3ccccc3)c3cc(Cl)ccc3[nH]c2=O)C=CC/1=N. The lowest BCUT2D eigenvalue weighted by Gasteiger charge is -2.12. The Labute approximate surface area is 196 Å². The van der Waals surface area contributed by atoms with Gasteiger partial charge >= 0.3 is 0 Å². The Morgan fingerprint density at radius 2 is 1.94 bits per heavy atom. The predicted octanol–water partition coefficient (Wildman–Crippen LogP) is 5.13. The summed E-state index contributed by atoms with van der Waals surface area (Å²) in [4.78, 5) is 29.1. The Morgan fingerprint density at radius 3 is 2.70 bits per heavy atom. The number of carbonyl (C=O) groups is 1. The smallest absolute Gasteiger partial charge is 0.259 e. The number of halogens is 1. The molecule has 1 aromatic heterocycles. The highest BCUT2D eigenvalue weighted by molar-refractivity contribution is 6.31. The first kappa shape index (κ1) is 22.2. The van der Waals surface area contributed by atoms with Crippen LogP contribution in [-0.4, -0.2) is 23.5 Å². The van der Waals surface area contributed by atoms with E-state index in [0.717, 1.165) is 16.5 Å². The second-order valence-corrected chi connectivity index (χ2v) is 8.07. The van der Waals surface area contributed by atoms with Gasteiger partial charge in [-0.3, -0.25) is 9.59 Å². The normalized spacial score (nSPS) is 14.8. The van der Waals surface area contributed by atoms with Gasteiger partial charge in [-0.15, -0.1) is 0 Å². The maximum Gasteiger partial charge on any atom is 0.259 e. The molecular weight excluding hydrogens is 434 g/mol. The van der Waals surface area contributed by atoms with Gasteiger partial charge in [0.25, 0.3) is 5.56 Å². The number of aromatic amines is 1. The van der Waals surface area contributed by atoms with E-state index < -0.39 is 11.3 Å². The van der Waals surface area contributed by atoms with E-state index in [1.807, 2.05) is 30.3 Å². The molecular formula is C27H22ClN3O2. The van der Waals surface area contributed by atoms with Gasteiger partial charge in [0.15, 0.2) is 5.78 Å². The van der Waals surface area contributed by atoms with Crippen LogP contribution >= 0.6 is 11.6 Å². The van der Waals surface area contributed by atoms with E-state index in [2.05, 4.69) is 10.3 Å². The molecule has 0 amide bonds. The van der Waals surface area contributed by atoms with Crippen molar-refractivity contribution in [3.63, 3.8) is 0 Å². The maximum absolute atomic E-state index is 13.3. The average molecular weight is 456 g/mol. The summed E-state index contributed by atoms with van der Waals surface area (Å²) in [5.41, 5.74) is 3.76. The van der Waals surface area contributed by atoms with Crippen LogP contribution in [0, 0.1) is 5.41 Å². The number of hydrogen-bond acceptors (Lipinski definition) is 4. The van der Waals surface area contributed by atoms with E-state index in [9.17, 15) is 9.59 Å². The number of benzene rings is 2. The first-order chi connectivity index (χ1) is 16.0. The Balaban J connectivity index is 1.79. The number of ketones is 1. The molecule has 0 radical (unpaired) electrons. The highest BCUT2D eigenvalue weighted by atomic mass is 35.5. The van der Waals surface area contributed by atoms with Crippen molar-refractivity contribution in [3.05, 3.63) is 128 Å². The van der Waals surface area contributed by atoms with Crippen molar-refractivity contribution in [1.82, 2.24) is 10.3 Å². The molecule has 0 atom stereocenters. The van der Waals surface area contributed by atoms with Crippen LogP contribution < -0.4 is 10.9 Å². The molecule has 3 aromatic rings. The lowest BCUT2D eigenvalue weighted by Crippen LogP contribution is -2.20.